The zero-order chi connectivity index (χ0) is 54.1. The van der Waals surface area contributed by atoms with Crippen LogP contribution >= 0.6 is 11.3 Å². The van der Waals surface area contributed by atoms with Crippen LogP contribution in [0.4, 0.5) is 17.1 Å². The lowest BCUT2D eigenvalue weighted by atomic mass is 9.33. The molecule has 6 heteroatoms. The molecule has 82 heavy (non-hydrogen) atoms. The number of thiophene rings is 1. The predicted molar refractivity (Wildman–Crippen MR) is 350 cm³/mol. The molecule has 0 N–H and O–H groups in total. The number of benzene rings is 12. The molecule has 0 atom stereocenters. The summed E-state index contributed by atoms with van der Waals surface area (Å²) >= 11 is 1.90. The van der Waals surface area contributed by atoms with Crippen LogP contribution < -0.4 is 21.3 Å². The van der Waals surface area contributed by atoms with Crippen molar-refractivity contribution in [3.63, 3.8) is 0 Å². The van der Waals surface area contributed by atoms with Crippen molar-refractivity contribution >= 4 is 137 Å². The second-order valence-electron chi connectivity index (χ2n) is 23.5. The maximum Gasteiger partial charge on any atom is 0.252 e. The highest BCUT2D eigenvalue weighted by Crippen LogP contribution is 2.53. The Bertz CT molecular complexity index is 5330. The van der Waals surface area contributed by atoms with Crippen LogP contribution in [0.15, 0.2) is 253 Å². The van der Waals surface area contributed by atoms with E-state index in [9.17, 15) is 0 Å². The molecule has 0 fully saturated rings. The number of anilines is 3. The Balaban J connectivity index is 1.04. The molecule has 0 spiro atoms. The van der Waals surface area contributed by atoms with Gasteiger partial charge in [-0.25, -0.2) is 0 Å². The van der Waals surface area contributed by atoms with Crippen LogP contribution in [0.2, 0.25) is 0 Å². The van der Waals surface area contributed by atoms with Gasteiger partial charge in [0.1, 0.15) is 11.2 Å². The average molecular weight is 1060 g/mol. The minimum Gasteiger partial charge on any atom is -0.456 e. The number of aromatic nitrogens is 2. The molecule has 0 amide bonds. The van der Waals surface area contributed by atoms with E-state index in [2.05, 4.69) is 284 Å². The van der Waals surface area contributed by atoms with E-state index in [0.717, 1.165) is 33.2 Å². The van der Waals surface area contributed by atoms with Crippen molar-refractivity contribution in [2.24, 2.45) is 0 Å². The van der Waals surface area contributed by atoms with Crippen molar-refractivity contribution in [2.45, 2.75) is 26.2 Å². The van der Waals surface area contributed by atoms with Gasteiger partial charge in [0.25, 0.3) is 6.71 Å². The molecule has 18 rings (SSSR count). The fraction of sp³-hybridized carbons (Fsp3) is 0.0526. The number of furan rings is 1. The van der Waals surface area contributed by atoms with E-state index >= 15 is 0 Å². The molecule has 12 aromatic carbocycles. The van der Waals surface area contributed by atoms with Crippen LogP contribution in [0.5, 0.6) is 0 Å². The predicted octanol–water partition coefficient (Wildman–Crippen LogP) is 19.1. The quantitative estimate of drug-likeness (QED) is 0.161. The minimum atomic E-state index is -0.135. The van der Waals surface area contributed by atoms with Crippen molar-refractivity contribution in [1.29, 1.82) is 0 Å². The second kappa shape index (κ2) is 16.8. The summed E-state index contributed by atoms with van der Waals surface area (Å²) in [6, 6.07) is 93.4. The number of para-hydroxylation sites is 4. The van der Waals surface area contributed by atoms with Crippen molar-refractivity contribution in [2.75, 3.05) is 4.90 Å². The van der Waals surface area contributed by atoms with E-state index in [1.165, 1.54) is 136 Å². The van der Waals surface area contributed by atoms with E-state index < -0.39 is 0 Å². The minimum absolute atomic E-state index is 0.118. The van der Waals surface area contributed by atoms with Gasteiger partial charge in [-0.3, -0.25) is 0 Å². The molecular formula is C76H50BN3OS. The van der Waals surface area contributed by atoms with Gasteiger partial charge >= 0.3 is 0 Å². The highest BCUT2D eigenvalue weighted by Gasteiger charge is 2.45. The molecule has 0 radical (unpaired) electrons. The molecule has 0 bridgehead atoms. The second-order valence-corrected chi connectivity index (χ2v) is 24.6. The maximum absolute atomic E-state index is 6.54. The third-order valence-electron chi connectivity index (χ3n) is 18.0. The van der Waals surface area contributed by atoms with E-state index in [1.807, 2.05) is 11.3 Å². The molecule has 0 saturated heterocycles. The van der Waals surface area contributed by atoms with Gasteiger partial charge in [0.15, 0.2) is 0 Å². The van der Waals surface area contributed by atoms with Crippen molar-refractivity contribution < 1.29 is 4.42 Å². The Labute approximate surface area is 478 Å². The number of fused-ring (bicyclic) bond motifs is 16. The fourth-order valence-electron chi connectivity index (χ4n) is 14.4. The van der Waals surface area contributed by atoms with Crippen molar-refractivity contribution in [3.05, 3.63) is 254 Å². The number of hydrogen-bond donors (Lipinski definition) is 0. The Hall–Kier alpha value is -9.88. The Morgan fingerprint density at radius 1 is 0.378 bits per heavy atom. The van der Waals surface area contributed by atoms with E-state index in [4.69, 9.17) is 4.42 Å². The summed E-state index contributed by atoms with van der Waals surface area (Å²) in [5, 5.41) is 9.74. The summed E-state index contributed by atoms with van der Waals surface area (Å²) in [6.07, 6.45) is 0. The van der Waals surface area contributed by atoms with Crippen LogP contribution in [0, 0.1) is 0 Å². The standard InChI is InChI=1S/C76H50BN3OS/c1-76(2,3)48-39-55(45-20-7-4-8-21-45)73(56(40-48)46-22-9-5-10-23-46)79-64-36-35-50(47-34-37-69-59(38-47)52-27-14-17-32-68(52)81-69)75-72(64)77(62-44-71-60(43-67(62)79)53-28-15-18-33-70(53)82-71)61-30-19-29-54-58-42-65-57(41-66(58)80(75)74(54)61)51-26-13-16-31-63(51)78(65)49-24-11-6-12-25-49/h4-44H,1-3H3. The summed E-state index contributed by atoms with van der Waals surface area (Å²) in [7, 11) is 0. The average Bonchev–Trinajstić information content (AvgIpc) is 4.03. The molecule has 0 unspecified atom stereocenters. The highest BCUT2D eigenvalue weighted by atomic mass is 32.1. The molecule has 6 heterocycles. The lowest BCUT2D eigenvalue weighted by Crippen LogP contribution is -2.60. The van der Waals surface area contributed by atoms with Gasteiger partial charge < -0.3 is 18.5 Å². The summed E-state index contributed by atoms with van der Waals surface area (Å²) in [6.45, 7) is 6.91. The van der Waals surface area contributed by atoms with Gasteiger partial charge in [0.05, 0.1) is 27.9 Å². The Morgan fingerprint density at radius 3 is 1.77 bits per heavy atom. The lowest BCUT2D eigenvalue weighted by molar-refractivity contribution is 0.591. The molecular weight excluding hydrogens is 1010 g/mol. The fourth-order valence-corrected chi connectivity index (χ4v) is 15.5. The molecule has 0 aliphatic carbocycles. The van der Waals surface area contributed by atoms with Crippen LogP contribution in [0.25, 0.3) is 130 Å². The van der Waals surface area contributed by atoms with Crippen molar-refractivity contribution in [1.82, 2.24) is 9.13 Å². The molecule has 16 aromatic rings. The summed E-state index contributed by atoms with van der Waals surface area (Å²) < 4.78 is 14.3. The van der Waals surface area contributed by atoms with Gasteiger partial charge in [-0.1, -0.05) is 185 Å². The topological polar surface area (TPSA) is 26.2 Å². The molecule has 384 valence electrons. The highest BCUT2D eigenvalue weighted by molar-refractivity contribution is 7.26. The number of rotatable bonds is 5. The normalized spacial score (nSPS) is 13.0. The first-order valence-corrected chi connectivity index (χ1v) is 29.3. The molecule has 4 aromatic heterocycles. The van der Waals surface area contributed by atoms with Crippen LogP contribution in [0.3, 0.4) is 0 Å². The first-order chi connectivity index (χ1) is 40.3. The first kappa shape index (κ1) is 45.9. The van der Waals surface area contributed by atoms with Gasteiger partial charge in [-0.05, 0) is 129 Å². The van der Waals surface area contributed by atoms with Gasteiger partial charge in [0, 0.05) is 91.8 Å². The largest absolute Gasteiger partial charge is 0.456 e. The first-order valence-electron chi connectivity index (χ1n) is 28.5. The Kier molecular flexibility index (Phi) is 9.43. The van der Waals surface area contributed by atoms with Gasteiger partial charge in [-0.15, -0.1) is 11.3 Å². The zero-order valence-corrected chi connectivity index (χ0v) is 46.2. The van der Waals surface area contributed by atoms with Crippen LogP contribution in [-0.2, 0) is 5.41 Å². The maximum atomic E-state index is 6.54. The van der Waals surface area contributed by atoms with E-state index in [0.29, 0.717) is 0 Å². The summed E-state index contributed by atoms with van der Waals surface area (Å²) in [5.41, 5.74) is 24.7. The molecule has 4 nitrogen and oxygen atoms in total. The monoisotopic (exact) mass is 1060 g/mol. The summed E-state index contributed by atoms with van der Waals surface area (Å²) in [5.74, 6) is 0. The zero-order valence-electron chi connectivity index (χ0n) is 45.4. The molecule has 2 aliphatic heterocycles. The van der Waals surface area contributed by atoms with Gasteiger partial charge in [-0.2, -0.15) is 0 Å². The number of nitrogens with zero attached hydrogens (tertiary/aromatic N) is 3. The van der Waals surface area contributed by atoms with Crippen LogP contribution in [0.1, 0.15) is 26.3 Å². The number of hydrogen-bond acceptors (Lipinski definition) is 3. The van der Waals surface area contributed by atoms with Crippen molar-refractivity contribution in [3.8, 4) is 44.8 Å². The van der Waals surface area contributed by atoms with E-state index in [1.54, 1.807) is 0 Å². The third kappa shape index (κ3) is 6.38. The third-order valence-corrected chi connectivity index (χ3v) is 19.2. The SMILES string of the molecule is CC(C)(C)c1cc(-c2ccccc2)c(N2c3cc4c(cc3B3c5c2ccc(-c2ccc6oc7ccccc7c6c2)c5-n2c5cc6c7ccccc7n(-c7ccccc7)c6cc5c5cccc3c52)sc2ccccc24)c(-c2ccccc2)c1. The van der Waals surface area contributed by atoms with Crippen LogP contribution in [-0.4, -0.2) is 15.8 Å². The summed E-state index contributed by atoms with van der Waals surface area (Å²) in [4.78, 5) is 2.69. The smallest absolute Gasteiger partial charge is 0.252 e. The lowest BCUT2D eigenvalue weighted by Gasteiger charge is -2.42. The van der Waals surface area contributed by atoms with E-state index in [-0.39, 0.29) is 12.1 Å². The molecule has 2 aliphatic rings. The van der Waals surface area contributed by atoms with Gasteiger partial charge in [0.2, 0.25) is 0 Å². The molecule has 0 saturated carbocycles. The Morgan fingerprint density at radius 2 is 1.01 bits per heavy atom.